The van der Waals surface area contributed by atoms with E-state index in [2.05, 4.69) is 80.4 Å². The first-order valence-electron chi connectivity index (χ1n) is 7.87. The van der Waals surface area contributed by atoms with E-state index in [-0.39, 0.29) is 0 Å². The molecular formula is C21H19NS. The molecular weight excluding hydrogens is 298 g/mol. The van der Waals surface area contributed by atoms with Gasteiger partial charge in [0.05, 0.1) is 0 Å². The predicted octanol–water partition coefficient (Wildman–Crippen LogP) is 6.40. The summed E-state index contributed by atoms with van der Waals surface area (Å²) in [5.74, 6) is 0. The number of aromatic nitrogens is 1. The van der Waals surface area contributed by atoms with Crippen molar-refractivity contribution in [2.75, 3.05) is 0 Å². The van der Waals surface area contributed by atoms with E-state index in [0.717, 1.165) is 0 Å². The van der Waals surface area contributed by atoms with Crippen LogP contribution in [0.15, 0.2) is 64.4 Å². The van der Waals surface area contributed by atoms with Crippen molar-refractivity contribution >= 4 is 33.6 Å². The molecule has 0 aliphatic carbocycles. The molecule has 23 heavy (non-hydrogen) atoms. The fourth-order valence-corrected chi connectivity index (χ4v) is 3.92. The van der Waals surface area contributed by atoms with Gasteiger partial charge in [-0.05, 0) is 62.7 Å². The molecule has 114 valence electrons. The highest BCUT2D eigenvalue weighted by atomic mass is 32.2. The fraction of sp³-hybridized carbons (Fsp3) is 0.143. The van der Waals surface area contributed by atoms with Crippen LogP contribution < -0.4 is 0 Å². The highest BCUT2D eigenvalue weighted by Gasteiger charge is 2.09. The summed E-state index contributed by atoms with van der Waals surface area (Å²) in [7, 11) is 0. The number of hydrogen-bond acceptors (Lipinski definition) is 1. The third-order valence-electron chi connectivity index (χ3n) is 4.30. The minimum absolute atomic E-state index is 1.21. The first-order chi connectivity index (χ1) is 11.1. The zero-order chi connectivity index (χ0) is 16.0. The Bertz CT molecular complexity index is 1010. The largest absolute Gasteiger partial charge is 0.354 e. The maximum Gasteiger partial charge on any atom is 0.0476 e. The van der Waals surface area contributed by atoms with Gasteiger partial charge in [-0.2, -0.15) is 0 Å². The summed E-state index contributed by atoms with van der Waals surface area (Å²) >= 11 is 1.83. The summed E-state index contributed by atoms with van der Waals surface area (Å²) in [4.78, 5) is 6.15. The standard InChI is InChI=1S/C21H19NS/c1-13-4-7-16(8-5-13)23-21-12-20-18(11-15(21)3)17-10-14(2)6-9-19(17)22-20/h4-12,22H,1-3H3. The molecule has 0 atom stereocenters. The van der Waals surface area contributed by atoms with Gasteiger partial charge in [0.2, 0.25) is 0 Å². The van der Waals surface area contributed by atoms with Gasteiger partial charge in [0.25, 0.3) is 0 Å². The molecule has 0 amide bonds. The van der Waals surface area contributed by atoms with Gasteiger partial charge in [-0.25, -0.2) is 0 Å². The number of rotatable bonds is 2. The Morgan fingerprint density at radius 1 is 0.696 bits per heavy atom. The van der Waals surface area contributed by atoms with Gasteiger partial charge in [-0.1, -0.05) is 41.1 Å². The first kappa shape index (κ1) is 14.4. The molecule has 0 saturated carbocycles. The lowest BCUT2D eigenvalue weighted by Gasteiger charge is -2.07. The molecule has 0 aliphatic rings. The van der Waals surface area contributed by atoms with E-state index in [9.17, 15) is 0 Å². The summed E-state index contributed by atoms with van der Waals surface area (Å²) in [6, 6.07) is 19.9. The lowest BCUT2D eigenvalue weighted by Crippen LogP contribution is -1.81. The van der Waals surface area contributed by atoms with E-state index in [1.165, 1.54) is 48.3 Å². The highest BCUT2D eigenvalue weighted by molar-refractivity contribution is 7.99. The fourth-order valence-electron chi connectivity index (χ4n) is 2.99. The van der Waals surface area contributed by atoms with E-state index >= 15 is 0 Å². The average molecular weight is 317 g/mol. The quantitative estimate of drug-likeness (QED) is 0.452. The van der Waals surface area contributed by atoms with Crippen LogP contribution >= 0.6 is 11.8 Å². The molecule has 4 aromatic rings. The van der Waals surface area contributed by atoms with Crippen molar-refractivity contribution in [3.8, 4) is 0 Å². The Kier molecular flexibility index (Phi) is 3.42. The van der Waals surface area contributed by atoms with Crippen molar-refractivity contribution in [1.29, 1.82) is 0 Å². The van der Waals surface area contributed by atoms with E-state index in [0.29, 0.717) is 0 Å². The van der Waals surface area contributed by atoms with Crippen LogP contribution in [0.1, 0.15) is 16.7 Å². The Labute approximate surface area is 140 Å². The second-order valence-corrected chi connectivity index (χ2v) is 7.37. The molecule has 1 heterocycles. The van der Waals surface area contributed by atoms with Crippen LogP contribution in [0.5, 0.6) is 0 Å². The Morgan fingerprint density at radius 3 is 2.17 bits per heavy atom. The second-order valence-electron chi connectivity index (χ2n) is 6.25. The van der Waals surface area contributed by atoms with Crippen molar-refractivity contribution in [2.24, 2.45) is 0 Å². The molecule has 3 aromatic carbocycles. The predicted molar refractivity (Wildman–Crippen MR) is 101 cm³/mol. The summed E-state index contributed by atoms with van der Waals surface area (Å²) in [5.41, 5.74) is 6.35. The number of nitrogens with one attached hydrogen (secondary N) is 1. The van der Waals surface area contributed by atoms with Crippen LogP contribution in [0.25, 0.3) is 21.8 Å². The molecule has 1 nitrogen and oxygen atoms in total. The zero-order valence-electron chi connectivity index (χ0n) is 13.6. The molecule has 0 spiro atoms. The molecule has 0 fully saturated rings. The van der Waals surface area contributed by atoms with Gasteiger partial charge < -0.3 is 4.98 Å². The van der Waals surface area contributed by atoms with Crippen LogP contribution in [-0.2, 0) is 0 Å². The third kappa shape index (κ3) is 2.64. The maximum absolute atomic E-state index is 3.55. The van der Waals surface area contributed by atoms with Gasteiger partial charge >= 0.3 is 0 Å². The molecule has 0 radical (unpaired) electrons. The molecule has 1 aromatic heterocycles. The number of fused-ring (bicyclic) bond motifs is 3. The van der Waals surface area contributed by atoms with Crippen LogP contribution in [0, 0.1) is 20.8 Å². The van der Waals surface area contributed by atoms with Crippen LogP contribution in [0.3, 0.4) is 0 Å². The second kappa shape index (κ2) is 5.47. The van der Waals surface area contributed by atoms with Gasteiger partial charge in [-0.15, -0.1) is 0 Å². The molecule has 4 rings (SSSR count). The minimum Gasteiger partial charge on any atom is -0.354 e. The number of aromatic amines is 1. The van der Waals surface area contributed by atoms with Crippen LogP contribution in [0.2, 0.25) is 0 Å². The Morgan fingerprint density at radius 2 is 1.39 bits per heavy atom. The van der Waals surface area contributed by atoms with Crippen molar-refractivity contribution < 1.29 is 0 Å². The molecule has 0 aliphatic heterocycles. The van der Waals surface area contributed by atoms with Crippen LogP contribution in [-0.4, -0.2) is 4.98 Å². The molecule has 0 saturated heterocycles. The van der Waals surface area contributed by atoms with E-state index in [4.69, 9.17) is 0 Å². The summed E-state index contributed by atoms with van der Waals surface area (Å²) in [6.45, 7) is 6.47. The lowest BCUT2D eigenvalue weighted by atomic mass is 10.1. The van der Waals surface area contributed by atoms with Crippen molar-refractivity contribution in [2.45, 2.75) is 30.6 Å². The number of hydrogen-bond donors (Lipinski definition) is 1. The van der Waals surface area contributed by atoms with Crippen molar-refractivity contribution in [1.82, 2.24) is 4.98 Å². The maximum atomic E-state index is 3.55. The van der Waals surface area contributed by atoms with Gasteiger partial charge in [0, 0.05) is 31.6 Å². The lowest BCUT2D eigenvalue weighted by molar-refractivity contribution is 1.30. The summed E-state index contributed by atoms with van der Waals surface area (Å²) in [6.07, 6.45) is 0. The normalized spacial score (nSPS) is 11.4. The molecule has 0 unspecified atom stereocenters. The average Bonchev–Trinajstić information content (AvgIpc) is 2.87. The smallest absolute Gasteiger partial charge is 0.0476 e. The van der Waals surface area contributed by atoms with E-state index in [1.54, 1.807) is 0 Å². The van der Waals surface area contributed by atoms with Crippen LogP contribution in [0.4, 0.5) is 0 Å². The monoisotopic (exact) mass is 317 g/mol. The van der Waals surface area contributed by atoms with E-state index < -0.39 is 0 Å². The molecule has 1 N–H and O–H groups in total. The number of aryl methyl sites for hydroxylation is 3. The SMILES string of the molecule is Cc1ccc(Sc2cc3[nH]c4ccc(C)cc4c3cc2C)cc1. The summed E-state index contributed by atoms with van der Waals surface area (Å²) < 4.78 is 0. The topological polar surface area (TPSA) is 15.8 Å². The number of H-pyrrole nitrogens is 1. The highest BCUT2D eigenvalue weighted by Crippen LogP contribution is 2.35. The third-order valence-corrected chi connectivity index (χ3v) is 5.47. The Balaban J connectivity index is 1.83. The van der Waals surface area contributed by atoms with Gasteiger partial charge in [0.1, 0.15) is 0 Å². The minimum atomic E-state index is 1.21. The Hall–Kier alpha value is -2.19. The van der Waals surface area contributed by atoms with Crippen molar-refractivity contribution in [3.05, 3.63) is 71.3 Å². The molecule has 2 heteroatoms. The first-order valence-corrected chi connectivity index (χ1v) is 8.69. The van der Waals surface area contributed by atoms with Gasteiger partial charge in [-0.3, -0.25) is 0 Å². The van der Waals surface area contributed by atoms with Gasteiger partial charge in [0.15, 0.2) is 0 Å². The van der Waals surface area contributed by atoms with E-state index in [1.807, 2.05) is 11.8 Å². The zero-order valence-corrected chi connectivity index (χ0v) is 14.4. The van der Waals surface area contributed by atoms with Crippen molar-refractivity contribution in [3.63, 3.8) is 0 Å². The molecule has 0 bridgehead atoms. The number of benzene rings is 3. The summed E-state index contributed by atoms with van der Waals surface area (Å²) in [5, 5.41) is 2.63.